The molecule has 1 aliphatic heterocycles. The summed E-state index contributed by atoms with van der Waals surface area (Å²) in [6.45, 7) is 0.518. The van der Waals surface area contributed by atoms with Crippen LogP contribution in [0.3, 0.4) is 0 Å². The van der Waals surface area contributed by atoms with Crippen LogP contribution in [0.1, 0.15) is 10.4 Å². The largest absolute Gasteiger partial charge is 0.496 e. The van der Waals surface area contributed by atoms with Gasteiger partial charge in [0.05, 0.1) is 10.1 Å². The molecule has 12 heavy (non-hydrogen) atoms. The molecule has 0 spiro atoms. The summed E-state index contributed by atoms with van der Waals surface area (Å²) in [5.74, 6) is -0.376. The first-order valence-electron chi connectivity index (χ1n) is 3.48. The highest BCUT2D eigenvalue weighted by molar-refractivity contribution is 7.08. The number of carbonyl (C=O) groups excluding carboxylic acids is 1. The van der Waals surface area contributed by atoms with Crippen molar-refractivity contribution in [2.24, 2.45) is 5.73 Å². The Morgan fingerprint density at radius 3 is 3.25 bits per heavy atom. The molecular weight excluding hydrogens is 174 g/mol. The van der Waals surface area contributed by atoms with Crippen LogP contribution in [0.25, 0.3) is 12.3 Å². The molecule has 0 unspecified atom stereocenters. The van der Waals surface area contributed by atoms with Gasteiger partial charge in [0, 0.05) is 10.6 Å². The number of carbonyl (C=O) groups is 1. The van der Waals surface area contributed by atoms with E-state index in [4.69, 9.17) is 10.5 Å². The van der Waals surface area contributed by atoms with Crippen LogP contribution in [0, 0.1) is 0 Å². The van der Waals surface area contributed by atoms with Gasteiger partial charge >= 0.3 is 0 Å². The SMILES string of the molecule is NC(=O)c1csc2c1=CCOC=2. The summed E-state index contributed by atoms with van der Waals surface area (Å²) >= 11 is 1.47. The van der Waals surface area contributed by atoms with E-state index in [1.54, 1.807) is 11.6 Å². The fourth-order valence-corrected chi connectivity index (χ4v) is 2.06. The number of ether oxygens (including phenoxy) is 1. The lowest BCUT2D eigenvalue weighted by atomic mass is 10.2. The molecule has 0 atom stereocenters. The Labute approximate surface area is 72.8 Å². The molecule has 0 aliphatic carbocycles. The normalized spacial score (nSPS) is 13.7. The highest BCUT2D eigenvalue weighted by Crippen LogP contribution is 1.96. The Morgan fingerprint density at radius 1 is 1.67 bits per heavy atom. The quantitative estimate of drug-likeness (QED) is 0.628. The first-order chi connectivity index (χ1) is 5.79. The smallest absolute Gasteiger partial charge is 0.250 e. The van der Waals surface area contributed by atoms with E-state index in [9.17, 15) is 4.79 Å². The highest BCUT2D eigenvalue weighted by atomic mass is 32.1. The van der Waals surface area contributed by atoms with Crippen LogP contribution < -0.4 is 15.5 Å². The third kappa shape index (κ3) is 1.00. The molecule has 1 aliphatic rings. The number of fused-ring (bicyclic) bond motifs is 1. The molecule has 1 aromatic heterocycles. The number of thiophene rings is 1. The van der Waals surface area contributed by atoms with Crippen molar-refractivity contribution in [3.63, 3.8) is 0 Å². The van der Waals surface area contributed by atoms with E-state index in [2.05, 4.69) is 0 Å². The van der Waals surface area contributed by atoms with Crippen LogP contribution in [0.4, 0.5) is 0 Å². The van der Waals surface area contributed by atoms with Gasteiger partial charge in [-0.2, -0.15) is 0 Å². The zero-order chi connectivity index (χ0) is 8.55. The first-order valence-corrected chi connectivity index (χ1v) is 4.36. The van der Waals surface area contributed by atoms with E-state index < -0.39 is 0 Å². The summed E-state index contributed by atoms with van der Waals surface area (Å²) in [5, 5.41) is 2.67. The molecule has 0 radical (unpaired) electrons. The third-order valence-electron chi connectivity index (χ3n) is 1.70. The van der Waals surface area contributed by atoms with Crippen molar-refractivity contribution in [1.29, 1.82) is 0 Å². The number of rotatable bonds is 1. The number of primary amides is 1. The number of nitrogens with two attached hydrogens (primary N) is 1. The zero-order valence-corrected chi connectivity index (χ0v) is 7.06. The van der Waals surface area contributed by atoms with Gasteiger partial charge in [0.1, 0.15) is 12.9 Å². The van der Waals surface area contributed by atoms with Gasteiger partial charge in [0.25, 0.3) is 0 Å². The maximum absolute atomic E-state index is 10.9. The van der Waals surface area contributed by atoms with E-state index in [-0.39, 0.29) is 5.91 Å². The Bertz CT molecular complexity index is 432. The van der Waals surface area contributed by atoms with Gasteiger partial charge in [-0.05, 0) is 6.08 Å². The topological polar surface area (TPSA) is 52.3 Å². The van der Waals surface area contributed by atoms with Crippen LogP contribution >= 0.6 is 11.3 Å². The molecular formula is C8H7NO2S. The van der Waals surface area contributed by atoms with Gasteiger partial charge in [-0.25, -0.2) is 0 Å². The van der Waals surface area contributed by atoms with Gasteiger partial charge in [0.15, 0.2) is 0 Å². The van der Waals surface area contributed by atoms with Crippen molar-refractivity contribution in [2.75, 3.05) is 6.61 Å². The minimum absolute atomic E-state index is 0.376. The van der Waals surface area contributed by atoms with Gasteiger partial charge in [-0.1, -0.05) is 0 Å². The van der Waals surface area contributed by atoms with Crippen LogP contribution in [0.15, 0.2) is 5.38 Å². The zero-order valence-electron chi connectivity index (χ0n) is 6.24. The average molecular weight is 181 g/mol. The fourth-order valence-electron chi connectivity index (χ4n) is 1.13. The summed E-state index contributed by atoms with van der Waals surface area (Å²) in [4.78, 5) is 10.9. The van der Waals surface area contributed by atoms with E-state index in [0.717, 1.165) is 9.75 Å². The lowest BCUT2D eigenvalue weighted by molar-refractivity contribution is 0.1000. The molecule has 4 heteroatoms. The van der Waals surface area contributed by atoms with Crippen LogP contribution in [0.5, 0.6) is 0 Å². The number of hydrogen-bond acceptors (Lipinski definition) is 3. The van der Waals surface area contributed by atoms with Gasteiger partial charge in [-0.3, -0.25) is 4.79 Å². The Morgan fingerprint density at radius 2 is 2.50 bits per heavy atom. The lowest BCUT2D eigenvalue weighted by Gasteiger charge is -1.98. The maximum Gasteiger partial charge on any atom is 0.250 e. The lowest BCUT2D eigenvalue weighted by Crippen LogP contribution is -2.30. The van der Waals surface area contributed by atoms with Gasteiger partial charge in [-0.15, -0.1) is 11.3 Å². The van der Waals surface area contributed by atoms with E-state index >= 15 is 0 Å². The Hall–Kier alpha value is -1.29. The van der Waals surface area contributed by atoms with Crippen LogP contribution in [0.2, 0.25) is 0 Å². The molecule has 62 valence electrons. The average Bonchev–Trinajstić information content (AvgIpc) is 2.47. The molecule has 0 bridgehead atoms. The van der Waals surface area contributed by atoms with Crippen molar-refractivity contribution in [2.45, 2.75) is 0 Å². The summed E-state index contributed by atoms with van der Waals surface area (Å²) in [7, 11) is 0. The molecule has 2 rings (SSSR count). The van der Waals surface area contributed by atoms with E-state index in [0.29, 0.717) is 12.2 Å². The molecule has 3 nitrogen and oxygen atoms in total. The van der Waals surface area contributed by atoms with Crippen molar-refractivity contribution < 1.29 is 9.53 Å². The van der Waals surface area contributed by atoms with Crippen molar-refractivity contribution in [1.82, 2.24) is 0 Å². The van der Waals surface area contributed by atoms with E-state index in [1.807, 2.05) is 6.08 Å². The summed E-state index contributed by atoms with van der Waals surface area (Å²) in [6.07, 6.45) is 3.53. The molecule has 1 aromatic rings. The van der Waals surface area contributed by atoms with Crippen LogP contribution in [-0.2, 0) is 4.74 Å². The maximum atomic E-state index is 10.9. The molecule has 0 saturated heterocycles. The van der Waals surface area contributed by atoms with Crippen molar-refractivity contribution >= 4 is 29.6 Å². The first kappa shape index (κ1) is 7.36. The summed E-state index contributed by atoms with van der Waals surface area (Å²) in [5.41, 5.74) is 5.77. The molecule has 0 aromatic carbocycles. The molecule has 2 N–H and O–H groups in total. The molecule has 2 heterocycles. The predicted octanol–water partition coefficient (Wildman–Crippen LogP) is -0.604. The Kier molecular flexibility index (Phi) is 1.62. The highest BCUT2D eigenvalue weighted by Gasteiger charge is 2.07. The van der Waals surface area contributed by atoms with Gasteiger partial charge in [0.2, 0.25) is 5.91 Å². The number of hydrogen-bond donors (Lipinski definition) is 1. The van der Waals surface area contributed by atoms with Crippen molar-refractivity contribution in [3.05, 3.63) is 20.7 Å². The monoisotopic (exact) mass is 181 g/mol. The molecule has 1 amide bonds. The van der Waals surface area contributed by atoms with Gasteiger partial charge < -0.3 is 10.5 Å². The standard InChI is InChI=1S/C8H7NO2S/c9-8(10)6-4-12-7-3-11-2-1-5(6)7/h1,3-4H,2H2,(H2,9,10). The van der Waals surface area contributed by atoms with E-state index in [1.165, 1.54) is 11.3 Å². The second kappa shape index (κ2) is 2.64. The van der Waals surface area contributed by atoms with Crippen LogP contribution in [-0.4, -0.2) is 12.5 Å². The number of amides is 1. The van der Waals surface area contributed by atoms with Crippen molar-refractivity contribution in [3.8, 4) is 0 Å². The summed E-state index contributed by atoms with van der Waals surface area (Å²) in [6, 6.07) is 0. The Balaban J connectivity index is 2.76. The summed E-state index contributed by atoms with van der Waals surface area (Å²) < 4.78 is 6.03. The predicted molar refractivity (Wildman–Crippen MR) is 47.0 cm³/mol. The minimum atomic E-state index is -0.376. The fraction of sp³-hybridized carbons (Fsp3) is 0.125. The second-order valence-electron chi connectivity index (χ2n) is 2.45. The minimum Gasteiger partial charge on any atom is -0.496 e. The third-order valence-corrected chi connectivity index (χ3v) is 2.62. The second-order valence-corrected chi connectivity index (χ2v) is 3.36. The molecule has 0 fully saturated rings. The molecule has 0 saturated carbocycles.